The lowest BCUT2D eigenvalue weighted by atomic mass is 10.0. The van der Waals surface area contributed by atoms with Crippen LogP contribution in [-0.2, 0) is 13.0 Å². The van der Waals surface area contributed by atoms with Crippen LogP contribution in [0, 0.1) is 13.8 Å². The van der Waals surface area contributed by atoms with Gasteiger partial charge in [0.2, 0.25) is 0 Å². The molecule has 5 rings (SSSR count). The first-order valence-electron chi connectivity index (χ1n) is 9.46. The van der Waals surface area contributed by atoms with E-state index >= 15 is 0 Å². The average Bonchev–Trinajstić information content (AvgIpc) is 3.34. The van der Waals surface area contributed by atoms with Gasteiger partial charge < -0.3 is 9.30 Å². The summed E-state index contributed by atoms with van der Waals surface area (Å²) in [5.41, 5.74) is 8.01. The van der Waals surface area contributed by atoms with Gasteiger partial charge in [0, 0.05) is 54.9 Å². The highest BCUT2D eigenvalue weighted by atomic mass is 16.2. The quantitative estimate of drug-likeness (QED) is 0.586. The van der Waals surface area contributed by atoms with Crippen molar-refractivity contribution in [1.82, 2.24) is 24.5 Å². The number of aromatic amines is 1. The van der Waals surface area contributed by atoms with E-state index in [0.29, 0.717) is 18.7 Å². The first-order chi connectivity index (χ1) is 13.6. The normalized spacial score (nSPS) is 13.7. The van der Waals surface area contributed by atoms with Crippen molar-refractivity contribution in [3.63, 3.8) is 0 Å². The minimum absolute atomic E-state index is 0.0372. The Morgan fingerprint density at radius 3 is 2.82 bits per heavy atom. The molecule has 0 radical (unpaired) electrons. The lowest BCUT2D eigenvalue weighted by Gasteiger charge is -2.27. The lowest BCUT2D eigenvalue weighted by Crippen LogP contribution is -2.36. The Labute approximate surface area is 162 Å². The molecule has 0 atom stereocenters. The monoisotopic (exact) mass is 371 g/mol. The van der Waals surface area contributed by atoms with Crippen LogP contribution in [0.1, 0.15) is 32.9 Å². The number of H-pyrrole nitrogens is 1. The fraction of sp³-hybridized carbons (Fsp3) is 0.227. The summed E-state index contributed by atoms with van der Waals surface area (Å²) in [6, 6.07) is 10.3. The molecule has 1 aromatic carbocycles. The number of aryl methyl sites for hydroxylation is 2. The second-order valence-electron chi connectivity index (χ2n) is 7.42. The number of nitrogens with one attached hydrogen (secondary N) is 1. The highest BCUT2D eigenvalue weighted by molar-refractivity contribution is 5.96. The Kier molecular flexibility index (Phi) is 3.79. The maximum absolute atomic E-state index is 13.3. The maximum Gasteiger partial charge on any atom is 0.255 e. The average molecular weight is 371 g/mol. The van der Waals surface area contributed by atoms with Crippen LogP contribution in [0.5, 0.6) is 0 Å². The standard InChI is InChI=1S/C22H21N5O/c1-14-3-5-16(6-4-14)18-11-17(12-26-10-8-23-21(18)26)22(28)27-9-7-20-19(13-27)15(2)24-25-20/h3-6,8,10-12H,7,9,13H2,1-2H3,(H,24,25). The molecule has 6 heteroatoms. The molecule has 0 saturated heterocycles. The van der Waals surface area contributed by atoms with Gasteiger partial charge >= 0.3 is 0 Å². The maximum atomic E-state index is 13.3. The van der Waals surface area contributed by atoms with Crippen molar-refractivity contribution in [3.05, 3.63) is 77.0 Å². The van der Waals surface area contributed by atoms with Crippen LogP contribution in [0.15, 0.2) is 48.9 Å². The Morgan fingerprint density at radius 1 is 1.18 bits per heavy atom. The van der Waals surface area contributed by atoms with Gasteiger partial charge in [-0.05, 0) is 25.5 Å². The first-order valence-corrected chi connectivity index (χ1v) is 9.46. The molecular formula is C22H21N5O. The van der Waals surface area contributed by atoms with E-state index in [2.05, 4.69) is 46.4 Å². The molecule has 0 unspecified atom stereocenters. The summed E-state index contributed by atoms with van der Waals surface area (Å²) >= 11 is 0. The van der Waals surface area contributed by atoms with Crippen molar-refractivity contribution in [2.45, 2.75) is 26.8 Å². The molecule has 6 nitrogen and oxygen atoms in total. The third-order valence-electron chi connectivity index (χ3n) is 5.51. The molecule has 4 heterocycles. The summed E-state index contributed by atoms with van der Waals surface area (Å²) in [5, 5.41) is 7.38. The summed E-state index contributed by atoms with van der Waals surface area (Å²) in [4.78, 5) is 19.7. The number of aromatic nitrogens is 4. The number of rotatable bonds is 2. The highest BCUT2D eigenvalue weighted by Gasteiger charge is 2.25. The Hall–Kier alpha value is -3.41. The number of amides is 1. The molecule has 140 valence electrons. The van der Waals surface area contributed by atoms with E-state index in [1.165, 1.54) is 5.56 Å². The molecule has 1 aliphatic rings. The molecule has 1 N–H and O–H groups in total. The van der Waals surface area contributed by atoms with E-state index in [4.69, 9.17) is 0 Å². The van der Waals surface area contributed by atoms with E-state index < -0.39 is 0 Å². The van der Waals surface area contributed by atoms with Crippen LogP contribution < -0.4 is 0 Å². The number of fused-ring (bicyclic) bond motifs is 2. The molecule has 0 fully saturated rings. The van der Waals surface area contributed by atoms with Gasteiger partial charge in [-0.3, -0.25) is 9.89 Å². The fourth-order valence-corrected chi connectivity index (χ4v) is 3.88. The van der Waals surface area contributed by atoms with Gasteiger partial charge in [0.15, 0.2) is 0 Å². The summed E-state index contributed by atoms with van der Waals surface area (Å²) in [6.45, 7) is 5.35. The van der Waals surface area contributed by atoms with Crippen molar-refractivity contribution in [3.8, 4) is 11.1 Å². The zero-order valence-corrected chi connectivity index (χ0v) is 15.9. The summed E-state index contributed by atoms with van der Waals surface area (Å²) in [6.07, 6.45) is 6.31. The van der Waals surface area contributed by atoms with Crippen molar-refractivity contribution < 1.29 is 4.79 Å². The van der Waals surface area contributed by atoms with Crippen LogP contribution in [0.2, 0.25) is 0 Å². The number of imidazole rings is 1. The van der Waals surface area contributed by atoms with E-state index in [1.807, 2.05) is 34.7 Å². The minimum Gasteiger partial charge on any atom is -0.334 e. The van der Waals surface area contributed by atoms with Crippen molar-refractivity contribution in [1.29, 1.82) is 0 Å². The van der Waals surface area contributed by atoms with Crippen molar-refractivity contribution in [2.75, 3.05) is 6.54 Å². The molecular weight excluding hydrogens is 350 g/mol. The van der Waals surface area contributed by atoms with E-state index in [0.717, 1.165) is 40.1 Å². The Morgan fingerprint density at radius 2 is 2.00 bits per heavy atom. The molecule has 4 aromatic rings. The van der Waals surface area contributed by atoms with Crippen LogP contribution in [0.25, 0.3) is 16.8 Å². The summed E-state index contributed by atoms with van der Waals surface area (Å²) in [7, 11) is 0. The van der Waals surface area contributed by atoms with Crippen LogP contribution in [0.4, 0.5) is 0 Å². The highest BCUT2D eigenvalue weighted by Crippen LogP contribution is 2.27. The van der Waals surface area contributed by atoms with E-state index in [1.54, 1.807) is 6.20 Å². The molecule has 0 saturated carbocycles. The summed E-state index contributed by atoms with van der Waals surface area (Å²) < 4.78 is 1.93. The molecule has 3 aromatic heterocycles. The van der Waals surface area contributed by atoms with Crippen molar-refractivity contribution in [2.24, 2.45) is 0 Å². The zero-order valence-electron chi connectivity index (χ0n) is 15.9. The van der Waals surface area contributed by atoms with Gasteiger partial charge in [0.05, 0.1) is 11.3 Å². The SMILES string of the molecule is Cc1ccc(-c2cc(C(=O)N3CCc4n[nH]c(C)c4C3)cn3ccnc23)cc1. The first kappa shape index (κ1) is 16.7. The Bertz CT molecular complexity index is 1190. The van der Waals surface area contributed by atoms with Crippen LogP contribution in [0.3, 0.4) is 0 Å². The van der Waals surface area contributed by atoms with Gasteiger partial charge in [-0.15, -0.1) is 0 Å². The Balaban J connectivity index is 1.55. The summed E-state index contributed by atoms with van der Waals surface area (Å²) in [5.74, 6) is 0.0372. The number of carbonyl (C=O) groups is 1. The number of carbonyl (C=O) groups excluding carboxylic acids is 1. The molecule has 1 amide bonds. The second-order valence-corrected chi connectivity index (χ2v) is 7.42. The topological polar surface area (TPSA) is 66.3 Å². The fourth-order valence-electron chi connectivity index (χ4n) is 3.88. The van der Waals surface area contributed by atoms with Gasteiger partial charge in [0.25, 0.3) is 5.91 Å². The van der Waals surface area contributed by atoms with Gasteiger partial charge in [0.1, 0.15) is 5.65 Å². The molecule has 0 aliphatic carbocycles. The molecule has 0 bridgehead atoms. The number of pyridine rings is 1. The zero-order chi connectivity index (χ0) is 19.3. The minimum atomic E-state index is 0.0372. The smallest absolute Gasteiger partial charge is 0.255 e. The third kappa shape index (κ3) is 2.69. The second kappa shape index (κ2) is 6.34. The molecule has 28 heavy (non-hydrogen) atoms. The van der Waals surface area contributed by atoms with Crippen LogP contribution in [-0.4, -0.2) is 36.9 Å². The van der Waals surface area contributed by atoms with Gasteiger partial charge in [-0.2, -0.15) is 5.10 Å². The number of nitrogens with zero attached hydrogens (tertiary/aromatic N) is 4. The molecule has 0 spiro atoms. The lowest BCUT2D eigenvalue weighted by molar-refractivity contribution is 0.0733. The number of hydrogen-bond acceptors (Lipinski definition) is 3. The van der Waals surface area contributed by atoms with Gasteiger partial charge in [-0.1, -0.05) is 29.8 Å². The van der Waals surface area contributed by atoms with Gasteiger partial charge in [-0.25, -0.2) is 4.98 Å². The van der Waals surface area contributed by atoms with Crippen LogP contribution >= 0.6 is 0 Å². The number of benzene rings is 1. The number of hydrogen-bond donors (Lipinski definition) is 1. The predicted molar refractivity (Wildman–Crippen MR) is 107 cm³/mol. The van der Waals surface area contributed by atoms with Crippen molar-refractivity contribution >= 4 is 11.6 Å². The molecule has 1 aliphatic heterocycles. The largest absolute Gasteiger partial charge is 0.334 e. The third-order valence-corrected chi connectivity index (χ3v) is 5.51. The van der Waals surface area contributed by atoms with E-state index in [-0.39, 0.29) is 5.91 Å². The predicted octanol–water partition coefficient (Wildman–Crippen LogP) is 3.54. The van der Waals surface area contributed by atoms with E-state index in [9.17, 15) is 4.79 Å².